The quantitative estimate of drug-likeness (QED) is 0.820. The Bertz CT molecular complexity index is 345. The van der Waals surface area contributed by atoms with E-state index in [1.165, 1.54) is 0 Å². The van der Waals surface area contributed by atoms with Crippen molar-refractivity contribution in [1.82, 2.24) is 9.88 Å². The molecule has 7 heteroatoms. The molecule has 2 rings (SSSR count). The highest BCUT2D eigenvalue weighted by molar-refractivity contribution is 7.99. The van der Waals surface area contributed by atoms with Crippen LogP contribution in [-0.4, -0.2) is 34.5 Å². The van der Waals surface area contributed by atoms with Crippen LogP contribution in [0.1, 0.15) is 10.7 Å². The van der Waals surface area contributed by atoms with E-state index >= 15 is 0 Å². The largest absolute Gasteiger partial charge is 0.434 e. The minimum absolute atomic E-state index is 0.543. The van der Waals surface area contributed by atoms with E-state index in [4.69, 9.17) is 0 Å². The Morgan fingerprint density at radius 1 is 1.31 bits per heavy atom. The fourth-order valence-electron chi connectivity index (χ4n) is 1.46. The number of thiazole rings is 1. The van der Waals surface area contributed by atoms with Gasteiger partial charge in [-0.05, 0) is 0 Å². The molecule has 1 aromatic rings. The van der Waals surface area contributed by atoms with Crippen LogP contribution in [0, 0.1) is 0 Å². The normalized spacial score (nSPS) is 18.9. The number of thioether (sulfide) groups is 1. The topological polar surface area (TPSA) is 16.1 Å². The fourth-order valence-corrected chi connectivity index (χ4v) is 3.29. The third kappa shape index (κ3) is 3.11. The van der Waals surface area contributed by atoms with Crippen LogP contribution in [0.3, 0.4) is 0 Å². The minimum Gasteiger partial charge on any atom is -0.295 e. The van der Waals surface area contributed by atoms with Gasteiger partial charge in [0.1, 0.15) is 5.01 Å². The molecule has 0 atom stereocenters. The summed E-state index contributed by atoms with van der Waals surface area (Å²) in [5.74, 6) is 2.11. The molecule has 1 saturated heterocycles. The summed E-state index contributed by atoms with van der Waals surface area (Å²) in [7, 11) is 0. The van der Waals surface area contributed by atoms with Crippen molar-refractivity contribution in [2.45, 2.75) is 12.7 Å². The van der Waals surface area contributed by atoms with Crippen molar-refractivity contribution in [2.75, 3.05) is 24.6 Å². The molecule has 0 N–H and O–H groups in total. The summed E-state index contributed by atoms with van der Waals surface area (Å²) in [5.41, 5.74) is -0.765. The molecule has 2 heterocycles. The Kier molecular flexibility index (Phi) is 3.76. The lowest BCUT2D eigenvalue weighted by Gasteiger charge is -2.24. The first-order chi connectivity index (χ1) is 7.55. The van der Waals surface area contributed by atoms with Gasteiger partial charge in [-0.3, -0.25) is 4.90 Å². The van der Waals surface area contributed by atoms with Gasteiger partial charge in [0.2, 0.25) is 0 Å². The van der Waals surface area contributed by atoms with Gasteiger partial charge in [0.05, 0.1) is 6.54 Å². The van der Waals surface area contributed by atoms with E-state index < -0.39 is 11.9 Å². The molecular weight excluding hydrogens is 257 g/mol. The number of rotatable bonds is 2. The van der Waals surface area contributed by atoms with E-state index in [0.29, 0.717) is 11.6 Å². The molecule has 90 valence electrons. The highest BCUT2D eigenvalue weighted by Gasteiger charge is 2.33. The van der Waals surface area contributed by atoms with Crippen molar-refractivity contribution in [3.05, 3.63) is 16.1 Å². The molecule has 0 radical (unpaired) electrons. The van der Waals surface area contributed by atoms with E-state index in [0.717, 1.165) is 41.3 Å². The molecular formula is C9H11F3N2S2. The van der Waals surface area contributed by atoms with Crippen LogP contribution in [0.2, 0.25) is 0 Å². The van der Waals surface area contributed by atoms with Gasteiger partial charge in [-0.2, -0.15) is 24.9 Å². The van der Waals surface area contributed by atoms with Crippen LogP contribution < -0.4 is 0 Å². The van der Waals surface area contributed by atoms with Gasteiger partial charge >= 0.3 is 6.18 Å². The summed E-state index contributed by atoms with van der Waals surface area (Å²) in [4.78, 5) is 5.77. The smallest absolute Gasteiger partial charge is 0.295 e. The number of hydrogen-bond acceptors (Lipinski definition) is 4. The van der Waals surface area contributed by atoms with Crippen molar-refractivity contribution in [1.29, 1.82) is 0 Å². The van der Waals surface area contributed by atoms with Crippen LogP contribution in [0.15, 0.2) is 5.38 Å². The molecule has 0 amide bonds. The average Bonchev–Trinajstić information content (AvgIpc) is 2.67. The Balaban J connectivity index is 1.97. The molecule has 0 unspecified atom stereocenters. The van der Waals surface area contributed by atoms with Crippen molar-refractivity contribution in [3.63, 3.8) is 0 Å². The number of hydrogen-bond donors (Lipinski definition) is 0. The third-order valence-electron chi connectivity index (χ3n) is 2.30. The fraction of sp³-hybridized carbons (Fsp3) is 0.667. The Morgan fingerprint density at radius 3 is 2.56 bits per heavy atom. The van der Waals surface area contributed by atoms with E-state index in [1.54, 1.807) is 0 Å². The van der Waals surface area contributed by atoms with Gasteiger partial charge in [0, 0.05) is 30.0 Å². The lowest BCUT2D eigenvalue weighted by Crippen LogP contribution is -2.31. The Morgan fingerprint density at radius 2 is 2.00 bits per heavy atom. The molecule has 1 aromatic heterocycles. The van der Waals surface area contributed by atoms with Crippen molar-refractivity contribution in [2.24, 2.45) is 0 Å². The number of halogens is 3. The molecule has 0 spiro atoms. The van der Waals surface area contributed by atoms with E-state index in [-0.39, 0.29) is 0 Å². The van der Waals surface area contributed by atoms with Gasteiger partial charge in [-0.25, -0.2) is 4.98 Å². The highest BCUT2D eigenvalue weighted by atomic mass is 32.2. The second-order valence-electron chi connectivity index (χ2n) is 3.51. The summed E-state index contributed by atoms with van der Waals surface area (Å²) in [6.45, 7) is 2.42. The van der Waals surface area contributed by atoms with Crippen LogP contribution >= 0.6 is 23.1 Å². The van der Waals surface area contributed by atoms with Crippen molar-refractivity contribution < 1.29 is 13.2 Å². The lowest BCUT2D eigenvalue weighted by atomic mass is 10.4. The predicted octanol–water partition coefficient (Wildman–Crippen LogP) is 2.71. The Labute approximate surface area is 99.9 Å². The average molecular weight is 268 g/mol. The zero-order valence-corrected chi connectivity index (χ0v) is 10.1. The summed E-state index contributed by atoms with van der Waals surface area (Å²) in [5, 5.41) is 1.65. The first-order valence-corrected chi connectivity index (χ1v) is 6.91. The summed E-state index contributed by atoms with van der Waals surface area (Å²) >= 11 is 2.97. The van der Waals surface area contributed by atoms with Crippen LogP contribution in [0.25, 0.3) is 0 Å². The lowest BCUT2D eigenvalue weighted by molar-refractivity contribution is -0.140. The predicted molar refractivity (Wildman–Crippen MR) is 59.7 cm³/mol. The maximum atomic E-state index is 12.3. The SMILES string of the molecule is FC(F)(F)c1csc(CN2CCSCC2)n1. The minimum atomic E-state index is -4.31. The first kappa shape index (κ1) is 12.2. The molecule has 2 nitrogen and oxygen atoms in total. The van der Waals surface area contributed by atoms with Crippen LogP contribution in [-0.2, 0) is 12.7 Å². The summed E-state index contributed by atoms with van der Waals surface area (Å²) < 4.78 is 36.9. The van der Waals surface area contributed by atoms with E-state index in [9.17, 15) is 13.2 Å². The van der Waals surface area contributed by atoms with Gasteiger partial charge in [-0.15, -0.1) is 11.3 Å². The second-order valence-corrected chi connectivity index (χ2v) is 5.68. The molecule has 1 aliphatic rings. The second kappa shape index (κ2) is 4.93. The molecule has 0 aromatic carbocycles. The number of aromatic nitrogens is 1. The van der Waals surface area contributed by atoms with E-state index in [1.807, 2.05) is 11.8 Å². The number of alkyl halides is 3. The van der Waals surface area contributed by atoms with Crippen molar-refractivity contribution >= 4 is 23.1 Å². The van der Waals surface area contributed by atoms with E-state index in [2.05, 4.69) is 9.88 Å². The standard InChI is InChI=1S/C9H11F3N2S2/c10-9(11,12)7-6-16-8(13-7)5-14-1-3-15-4-2-14/h6H,1-5H2. The molecule has 1 aliphatic heterocycles. The summed E-state index contributed by atoms with van der Waals surface area (Å²) in [6.07, 6.45) is -4.31. The zero-order chi connectivity index (χ0) is 11.6. The molecule has 16 heavy (non-hydrogen) atoms. The van der Waals surface area contributed by atoms with Gasteiger partial charge in [0.25, 0.3) is 0 Å². The maximum Gasteiger partial charge on any atom is 0.434 e. The number of nitrogens with zero attached hydrogens (tertiary/aromatic N) is 2. The van der Waals surface area contributed by atoms with Crippen LogP contribution in [0.4, 0.5) is 13.2 Å². The molecule has 0 bridgehead atoms. The summed E-state index contributed by atoms with van der Waals surface area (Å²) in [6, 6.07) is 0. The van der Waals surface area contributed by atoms with Gasteiger partial charge < -0.3 is 0 Å². The van der Waals surface area contributed by atoms with Crippen molar-refractivity contribution in [3.8, 4) is 0 Å². The highest BCUT2D eigenvalue weighted by Crippen LogP contribution is 2.30. The zero-order valence-electron chi connectivity index (χ0n) is 8.46. The van der Waals surface area contributed by atoms with Gasteiger partial charge in [-0.1, -0.05) is 0 Å². The third-order valence-corrected chi connectivity index (χ3v) is 4.08. The van der Waals surface area contributed by atoms with Crippen LogP contribution in [0.5, 0.6) is 0 Å². The molecule has 0 aliphatic carbocycles. The molecule has 0 saturated carbocycles. The maximum absolute atomic E-state index is 12.3. The monoisotopic (exact) mass is 268 g/mol. The molecule has 1 fully saturated rings. The van der Waals surface area contributed by atoms with Gasteiger partial charge in [0.15, 0.2) is 5.69 Å². The first-order valence-electron chi connectivity index (χ1n) is 4.87. The Hall–Kier alpha value is -0.270.